The highest BCUT2D eigenvalue weighted by atomic mass is 35.5. The fraction of sp³-hybridized carbons (Fsp3) is 0.279. The lowest BCUT2D eigenvalue weighted by Crippen LogP contribution is -2.40. The largest absolute Gasteiger partial charge is 0.462 e. The lowest BCUT2D eigenvalue weighted by Gasteiger charge is -2.35. The second kappa shape index (κ2) is 48.9. The molecule has 5 heterocycles. The van der Waals surface area contributed by atoms with Crippen molar-refractivity contribution in [3.05, 3.63) is 382 Å². The van der Waals surface area contributed by atoms with Crippen molar-refractivity contribution in [3.8, 4) is 11.1 Å². The summed E-state index contributed by atoms with van der Waals surface area (Å²) >= 11 is 24.2. The highest BCUT2D eigenvalue weighted by Crippen LogP contribution is 2.43. The molecule has 10 aromatic rings. The average Bonchev–Trinajstić information content (AvgIpc) is 0.782. The van der Waals surface area contributed by atoms with Gasteiger partial charge in [-0.3, -0.25) is 24.2 Å². The number of methoxy groups -OCH3 is 4. The molecule has 21 nitrogen and oxygen atoms in total. The van der Waals surface area contributed by atoms with Crippen molar-refractivity contribution < 1.29 is 76.3 Å². The summed E-state index contributed by atoms with van der Waals surface area (Å²) in [6.07, 6.45) is 4.07. The third-order valence-electron chi connectivity index (χ3n) is 22.8. The van der Waals surface area contributed by atoms with Crippen LogP contribution in [-0.4, -0.2) is 160 Å². The summed E-state index contributed by atoms with van der Waals surface area (Å²) in [4.78, 5) is 115. The molecule has 0 saturated carbocycles. The second-order valence-electron chi connectivity index (χ2n) is 30.9. The fourth-order valence-corrected chi connectivity index (χ4v) is 16.5. The molecule has 9 aromatic carbocycles. The third-order valence-corrected chi connectivity index (χ3v) is 23.8. The normalized spacial score (nSPS) is 16.3. The number of ether oxygens (including phenoxy) is 8. The Labute approximate surface area is 773 Å². The van der Waals surface area contributed by atoms with Crippen molar-refractivity contribution in [2.75, 3.05) is 87.7 Å². The first-order chi connectivity index (χ1) is 62.5. The van der Waals surface area contributed by atoms with E-state index in [2.05, 4.69) is 17.1 Å². The number of aromatic nitrogens is 1. The standard InChI is InChI=1S/2C29H28ClNO4.C24H26ClNO4.C22H23ClN2O4/c1-20-27(25(21-13-15-24(30)16-14-21)19-26(32)31(20)17-18-34-2)29(33)35-28(22-9-5-3-6-10-22)23-11-7-4-8-12-23;1-20-28(26(24-12-14-25(30)15-13-24)18-27(32)31(20)16-17-34-2)29(33)35-19-21-8-10-23(11-9-21)22-6-4-3-5-7-22;1-17-23(24(28)30-14-12-18-6-4-3-5-7-18)21(19-8-10-20(25)11-9-19)16-22(27)26(17)13-15-29-2;1-15-21(22(27)29-14-16-7-9-24-10-8-16)19(17-3-5-18(23)6-4-17)13-20(26)25(15)11-12-28-2/h3-16,25,28H,17-19H2,1-2H3;3-15,26H,16-19H2,1-2H3;3-11,21H,12-16H2,1-2H3;3-10,19H,11-14H2,1-2H3. The molecule has 14 rings (SSSR count). The molecule has 0 bridgehead atoms. The number of pyridine rings is 1. The van der Waals surface area contributed by atoms with E-state index in [0.717, 1.165) is 61.2 Å². The number of allylic oxidation sites excluding steroid dienone is 4. The van der Waals surface area contributed by atoms with Gasteiger partial charge in [0.25, 0.3) is 0 Å². The van der Waals surface area contributed by atoms with E-state index in [-0.39, 0.29) is 81.0 Å². The summed E-state index contributed by atoms with van der Waals surface area (Å²) in [6.45, 7) is 10.8. The number of hydrogen-bond acceptors (Lipinski definition) is 17. The van der Waals surface area contributed by atoms with Gasteiger partial charge in [0.05, 0.1) is 55.3 Å². The Morgan fingerprint density at radius 3 is 0.922 bits per heavy atom. The van der Waals surface area contributed by atoms with Gasteiger partial charge in [0.1, 0.15) is 13.2 Å². The molecule has 4 amide bonds. The molecule has 0 aliphatic carbocycles. The van der Waals surface area contributed by atoms with Gasteiger partial charge in [0.15, 0.2) is 6.10 Å². The Balaban J connectivity index is 0.000000167. The van der Waals surface area contributed by atoms with Gasteiger partial charge in [0.2, 0.25) is 23.6 Å². The van der Waals surface area contributed by atoms with Crippen LogP contribution in [0.5, 0.6) is 0 Å². The van der Waals surface area contributed by atoms with E-state index >= 15 is 0 Å². The molecule has 0 saturated heterocycles. The zero-order valence-corrected chi connectivity index (χ0v) is 76.4. The lowest BCUT2D eigenvalue weighted by molar-refractivity contribution is -0.145. The summed E-state index contributed by atoms with van der Waals surface area (Å²) in [6, 6.07) is 79.8. The summed E-state index contributed by atoms with van der Waals surface area (Å²) in [5, 5.41) is 2.40. The minimum Gasteiger partial charge on any atom is -0.462 e. The van der Waals surface area contributed by atoms with Crippen molar-refractivity contribution >= 4 is 93.9 Å². The maximum absolute atomic E-state index is 13.9. The van der Waals surface area contributed by atoms with E-state index in [1.807, 2.05) is 182 Å². The molecule has 129 heavy (non-hydrogen) atoms. The molecule has 4 aliphatic heterocycles. The van der Waals surface area contributed by atoms with Crippen molar-refractivity contribution in [1.82, 2.24) is 24.6 Å². The van der Waals surface area contributed by atoms with Crippen LogP contribution in [0.4, 0.5) is 0 Å². The van der Waals surface area contributed by atoms with Crippen LogP contribution in [0.2, 0.25) is 20.1 Å². The number of esters is 4. The highest BCUT2D eigenvalue weighted by molar-refractivity contribution is 6.31. The Kier molecular flexibility index (Phi) is 36.9. The maximum Gasteiger partial charge on any atom is 0.337 e. The molecular formula is C104H105Cl4N5O16. The van der Waals surface area contributed by atoms with Gasteiger partial charge in [0, 0.05) is 166 Å². The van der Waals surface area contributed by atoms with Crippen LogP contribution in [0.3, 0.4) is 0 Å². The second-order valence-corrected chi connectivity index (χ2v) is 32.7. The number of rotatable bonds is 31. The molecule has 25 heteroatoms. The predicted molar refractivity (Wildman–Crippen MR) is 498 cm³/mol. The molecule has 4 aliphatic rings. The topological polar surface area (TPSA) is 236 Å². The molecule has 4 unspecified atom stereocenters. The Morgan fingerprint density at radius 1 is 0.326 bits per heavy atom. The van der Waals surface area contributed by atoms with Crippen LogP contribution in [-0.2, 0) is 95.9 Å². The third kappa shape index (κ3) is 26.5. The first kappa shape index (κ1) is 97.5. The van der Waals surface area contributed by atoms with E-state index in [0.29, 0.717) is 124 Å². The maximum atomic E-state index is 13.9. The van der Waals surface area contributed by atoms with E-state index in [4.69, 9.17) is 84.3 Å². The van der Waals surface area contributed by atoms with Gasteiger partial charge < -0.3 is 57.5 Å². The van der Waals surface area contributed by atoms with Crippen LogP contribution in [0.1, 0.15) is 133 Å². The molecule has 0 radical (unpaired) electrons. The number of nitrogens with zero attached hydrogens (tertiary/aromatic N) is 5. The predicted octanol–water partition coefficient (Wildman–Crippen LogP) is 20.0. The Hall–Kier alpha value is -12.2. The molecular weight excluding hydrogens is 1720 g/mol. The molecule has 0 spiro atoms. The van der Waals surface area contributed by atoms with Crippen LogP contribution in [0.25, 0.3) is 11.1 Å². The van der Waals surface area contributed by atoms with Gasteiger partial charge in [-0.1, -0.05) is 241 Å². The van der Waals surface area contributed by atoms with Crippen molar-refractivity contribution in [2.24, 2.45) is 0 Å². The number of halogens is 4. The lowest BCUT2D eigenvalue weighted by atomic mass is 9.83. The molecule has 670 valence electrons. The first-order valence-corrected chi connectivity index (χ1v) is 43.9. The van der Waals surface area contributed by atoms with Crippen LogP contribution < -0.4 is 0 Å². The average molecular weight is 1820 g/mol. The minimum atomic E-state index is -0.582. The number of carbonyl (C=O) groups is 8. The van der Waals surface area contributed by atoms with Gasteiger partial charge in [-0.2, -0.15) is 0 Å². The van der Waals surface area contributed by atoms with Gasteiger partial charge in [-0.15, -0.1) is 0 Å². The molecule has 4 atom stereocenters. The van der Waals surface area contributed by atoms with Crippen LogP contribution in [0, 0.1) is 0 Å². The number of hydrogen-bond donors (Lipinski definition) is 0. The smallest absolute Gasteiger partial charge is 0.337 e. The van der Waals surface area contributed by atoms with Crippen molar-refractivity contribution in [3.63, 3.8) is 0 Å². The van der Waals surface area contributed by atoms with Crippen LogP contribution >= 0.6 is 46.4 Å². The van der Waals surface area contributed by atoms with Gasteiger partial charge in [-0.25, -0.2) is 19.2 Å². The van der Waals surface area contributed by atoms with E-state index in [9.17, 15) is 38.4 Å². The van der Waals surface area contributed by atoms with Crippen molar-refractivity contribution in [1.29, 1.82) is 0 Å². The van der Waals surface area contributed by atoms with Gasteiger partial charge >= 0.3 is 23.9 Å². The van der Waals surface area contributed by atoms with E-state index < -0.39 is 41.8 Å². The van der Waals surface area contributed by atoms with E-state index in [1.54, 1.807) is 149 Å². The summed E-state index contributed by atoms with van der Waals surface area (Å²) in [5.74, 6) is -3.47. The Bertz CT molecular complexity index is 5540. The van der Waals surface area contributed by atoms with Crippen LogP contribution in [0.15, 0.2) is 312 Å². The first-order valence-electron chi connectivity index (χ1n) is 42.4. The monoisotopic (exact) mass is 1820 g/mol. The fourth-order valence-electron chi connectivity index (χ4n) is 16.0. The quantitative estimate of drug-likeness (QED) is 0.0290. The SMILES string of the molecule is COCCN1C(=O)CC(c2ccc(Cl)cc2)C(C(=O)OC(c2ccccc2)c2ccccc2)=C1C.COCCN1C(=O)CC(c2ccc(Cl)cc2)C(C(=O)OCCc2ccccc2)=C1C.COCCN1C(=O)CC(c2ccc(Cl)cc2)C(C(=O)OCc2ccc(-c3ccccc3)cc2)=C1C.COCCN1C(=O)CC(c2ccc(Cl)cc2)C(C(=O)OCc2ccncc2)=C1C. The molecule has 0 N–H and O–H groups in total. The summed E-state index contributed by atoms with van der Waals surface area (Å²) < 4.78 is 43.8. The van der Waals surface area contributed by atoms with Crippen molar-refractivity contribution in [2.45, 2.75) is 103 Å². The molecule has 0 fully saturated rings. The Morgan fingerprint density at radius 2 is 0.605 bits per heavy atom. The zero-order valence-electron chi connectivity index (χ0n) is 73.4. The van der Waals surface area contributed by atoms with E-state index in [1.165, 1.54) is 0 Å². The molecule has 1 aromatic heterocycles. The summed E-state index contributed by atoms with van der Waals surface area (Å²) in [5.41, 5.74) is 14.6. The number of amides is 4. The van der Waals surface area contributed by atoms with Gasteiger partial charge in [-0.05, 0) is 150 Å². The zero-order chi connectivity index (χ0) is 91.9. The highest BCUT2D eigenvalue weighted by Gasteiger charge is 2.42. The number of benzene rings is 9. The minimum absolute atomic E-state index is 0.0367. The number of carbonyl (C=O) groups excluding carboxylic acids is 8. The summed E-state index contributed by atoms with van der Waals surface area (Å²) in [7, 11) is 6.34.